The highest BCUT2D eigenvalue weighted by Crippen LogP contribution is 2.25. The molecule has 72 valence electrons. The van der Waals surface area contributed by atoms with E-state index in [4.69, 9.17) is 11.6 Å². The van der Waals surface area contributed by atoms with Crippen molar-refractivity contribution < 1.29 is 0 Å². The van der Waals surface area contributed by atoms with Crippen LogP contribution in [0.3, 0.4) is 0 Å². The summed E-state index contributed by atoms with van der Waals surface area (Å²) >= 11 is 7.28. The lowest BCUT2D eigenvalue weighted by Crippen LogP contribution is -2.37. The van der Waals surface area contributed by atoms with Crippen LogP contribution < -0.4 is 5.32 Å². The molecule has 0 aromatic carbocycles. The molecule has 13 heavy (non-hydrogen) atoms. The van der Waals surface area contributed by atoms with Gasteiger partial charge in [0.25, 0.3) is 0 Å². The van der Waals surface area contributed by atoms with Gasteiger partial charge in [-0.1, -0.05) is 23.8 Å². The molecule has 5 heteroatoms. The number of hydrazone groups is 1. The van der Waals surface area contributed by atoms with Crippen LogP contribution in [0.15, 0.2) is 30.4 Å². The number of hydrogen-bond acceptors (Lipinski definition) is 4. The third kappa shape index (κ3) is 3.06. The summed E-state index contributed by atoms with van der Waals surface area (Å²) in [5, 5.41) is 9.19. The van der Waals surface area contributed by atoms with E-state index in [9.17, 15) is 0 Å². The summed E-state index contributed by atoms with van der Waals surface area (Å²) < 4.78 is 0.559. The fourth-order valence-electron chi connectivity index (χ4n) is 0.930. The van der Waals surface area contributed by atoms with Crippen LogP contribution >= 0.6 is 23.4 Å². The first-order valence-electron chi connectivity index (χ1n) is 3.90. The standard InChI is InChI=1S/C8H12ClN3S/c1-3-5-10-8-12(6-4-2)11-7(9)13-8/h3-4,8,10H,1-2,5-6H2. The van der Waals surface area contributed by atoms with Crippen molar-refractivity contribution >= 4 is 27.9 Å². The first kappa shape index (κ1) is 10.6. The normalized spacial score (nSPS) is 21.5. The number of hydrogen-bond donors (Lipinski definition) is 1. The Morgan fingerprint density at radius 2 is 2.38 bits per heavy atom. The predicted octanol–water partition coefficient (Wildman–Crippen LogP) is 1.79. The maximum atomic E-state index is 5.79. The van der Waals surface area contributed by atoms with Crippen LogP contribution in [0.5, 0.6) is 0 Å². The molecule has 1 aliphatic rings. The molecule has 0 amide bonds. The van der Waals surface area contributed by atoms with Crippen LogP contribution in [-0.4, -0.2) is 28.1 Å². The summed E-state index contributed by atoms with van der Waals surface area (Å²) in [4.78, 5) is 0. The molecule has 0 aromatic heterocycles. The van der Waals surface area contributed by atoms with Crippen LogP contribution in [0.2, 0.25) is 0 Å². The van der Waals surface area contributed by atoms with Crippen molar-refractivity contribution in [3.8, 4) is 0 Å². The van der Waals surface area contributed by atoms with Crippen molar-refractivity contribution in [1.29, 1.82) is 0 Å². The molecule has 0 aliphatic carbocycles. The third-order valence-electron chi connectivity index (χ3n) is 1.44. The molecular weight excluding hydrogens is 206 g/mol. The molecule has 0 radical (unpaired) electrons. The van der Waals surface area contributed by atoms with Gasteiger partial charge in [0.15, 0.2) is 10.0 Å². The smallest absolute Gasteiger partial charge is 0.186 e. The predicted molar refractivity (Wildman–Crippen MR) is 59.8 cm³/mol. The number of halogens is 1. The van der Waals surface area contributed by atoms with Gasteiger partial charge in [0.1, 0.15) is 0 Å². The van der Waals surface area contributed by atoms with Crippen molar-refractivity contribution in [2.24, 2.45) is 5.10 Å². The van der Waals surface area contributed by atoms with Crippen LogP contribution in [-0.2, 0) is 0 Å². The van der Waals surface area contributed by atoms with Gasteiger partial charge in [-0.2, -0.15) is 5.10 Å². The van der Waals surface area contributed by atoms with Gasteiger partial charge < -0.3 is 0 Å². The van der Waals surface area contributed by atoms with Gasteiger partial charge >= 0.3 is 0 Å². The highest BCUT2D eigenvalue weighted by atomic mass is 35.5. The molecule has 1 atom stereocenters. The van der Waals surface area contributed by atoms with Crippen molar-refractivity contribution in [2.45, 2.75) is 5.50 Å². The Labute approximate surface area is 87.5 Å². The van der Waals surface area contributed by atoms with Crippen molar-refractivity contribution in [3.63, 3.8) is 0 Å². The van der Waals surface area contributed by atoms with E-state index in [2.05, 4.69) is 23.6 Å². The van der Waals surface area contributed by atoms with Gasteiger partial charge in [-0.25, -0.2) is 0 Å². The van der Waals surface area contributed by atoms with Gasteiger partial charge in [0.2, 0.25) is 0 Å². The summed E-state index contributed by atoms with van der Waals surface area (Å²) in [5.74, 6) is 0. The van der Waals surface area contributed by atoms with Crippen molar-refractivity contribution in [1.82, 2.24) is 10.3 Å². The molecule has 1 unspecified atom stereocenters. The minimum atomic E-state index is 0.100. The lowest BCUT2D eigenvalue weighted by Gasteiger charge is -2.21. The molecule has 0 bridgehead atoms. The summed E-state index contributed by atoms with van der Waals surface area (Å²) in [6, 6.07) is 0. The second kappa shape index (κ2) is 5.32. The maximum Gasteiger partial charge on any atom is 0.186 e. The fourth-order valence-corrected chi connectivity index (χ4v) is 2.05. The SMILES string of the molecule is C=CCNC1SC(Cl)=NN1CC=C. The number of nitrogens with zero attached hydrogens (tertiary/aromatic N) is 2. The summed E-state index contributed by atoms with van der Waals surface area (Å²) in [7, 11) is 0. The Bertz CT molecular complexity index is 229. The number of nitrogens with one attached hydrogen (secondary N) is 1. The Morgan fingerprint density at radius 1 is 1.62 bits per heavy atom. The second-order valence-electron chi connectivity index (χ2n) is 2.43. The largest absolute Gasteiger partial charge is 0.284 e. The Kier molecular flexibility index (Phi) is 4.35. The summed E-state index contributed by atoms with van der Waals surface area (Å²) in [5.41, 5.74) is 0.100. The molecule has 0 saturated heterocycles. The van der Waals surface area contributed by atoms with E-state index in [0.29, 0.717) is 11.0 Å². The zero-order valence-corrected chi connectivity index (χ0v) is 8.81. The number of thioether (sulfide) groups is 1. The summed E-state index contributed by atoms with van der Waals surface area (Å²) in [6.45, 7) is 8.72. The van der Waals surface area contributed by atoms with E-state index >= 15 is 0 Å². The Balaban J connectivity index is 2.45. The second-order valence-corrected chi connectivity index (χ2v) is 4.08. The first-order chi connectivity index (χ1) is 6.27. The zero-order valence-electron chi connectivity index (χ0n) is 7.24. The van der Waals surface area contributed by atoms with Gasteiger partial charge in [-0.05, 0) is 11.8 Å². The van der Waals surface area contributed by atoms with Crippen molar-refractivity contribution in [3.05, 3.63) is 25.3 Å². The minimum absolute atomic E-state index is 0.100. The van der Waals surface area contributed by atoms with Gasteiger partial charge in [0.05, 0.1) is 6.54 Å². The van der Waals surface area contributed by atoms with Crippen LogP contribution in [0.4, 0.5) is 0 Å². The molecule has 1 rings (SSSR count). The van der Waals surface area contributed by atoms with Crippen LogP contribution in [0.1, 0.15) is 0 Å². The highest BCUT2D eigenvalue weighted by molar-refractivity contribution is 8.17. The molecule has 1 N–H and O–H groups in total. The van der Waals surface area contributed by atoms with E-state index in [0.717, 1.165) is 6.54 Å². The summed E-state index contributed by atoms with van der Waals surface area (Å²) in [6.07, 6.45) is 3.60. The fraction of sp³-hybridized carbons (Fsp3) is 0.375. The third-order valence-corrected chi connectivity index (χ3v) is 2.69. The lowest BCUT2D eigenvalue weighted by atomic mass is 10.6. The van der Waals surface area contributed by atoms with Crippen LogP contribution in [0, 0.1) is 0 Å². The quantitative estimate of drug-likeness (QED) is 0.712. The molecule has 1 aliphatic heterocycles. The molecule has 0 aromatic rings. The average molecular weight is 218 g/mol. The molecule has 1 heterocycles. The maximum absolute atomic E-state index is 5.79. The molecular formula is C8H12ClN3S. The van der Waals surface area contributed by atoms with E-state index in [1.54, 1.807) is 12.2 Å². The topological polar surface area (TPSA) is 27.6 Å². The van der Waals surface area contributed by atoms with Crippen LogP contribution in [0.25, 0.3) is 0 Å². The van der Waals surface area contributed by atoms with Gasteiger partial charge in [-0.15, -0.1) is 13.2 Å². The van der Waals surface area contributed by atoms with E-state index in [1.165, 1.54) is 11.8 Å². The minimum Gasteiger partial charge on any atom is -0.284 e. The molecule has 0 saturated carbocycles. The van der Waals surface area contributed by atoms with Gasteiger partial charge in [0, 0.05) is 6.54 Å². The first-order valence-corrected chi connectivity index (χ1v) is 5.16. The zero-order chi connectivity index (χ0) is 9.68. The number of rotatable bonds is 5. The van der Waals surface area contributed by atoms with E-state index in [1.807, 2.05) is 5.01 Å². The average Bonchev–Trinajstić information content (AvgIpc) is 2.44. The highest BCUT2D eigenvalue weighted by Gasteiger charge is 2.24. The van der Waals surface area contributed by atoms with E-state index < -0.39 is 0 Å². The van der Waals surface area contributed by atoms with Crippen molar-refractivity contribution in [2.75, 3.05) is 13.1 Å². The Morgan fingerprint density at radius 3 is 3.00 bits per heavy atom. The molecule has 0 spiro atoms. The molecule has 0 fully saturated rings. The lowest BCUT2D eigenvalue weighted by molar-refractivity contribution is 0.278. The van der Waals surface area contributed by atoms with E-state index in [-0.39, 0.29) is 5.50 Å². The molecule has 3 nitrogen and oxygen atoms in total. The van der Waals surface area contributed by atoms with Gasteiger partial charge in [-0.3, -0.25) is 10.3 Å². The monoisotopic (exact) mass is 217 g/mol. The Hall–Kier alpha value is -0.450.